The number of para-hydroxylation sites is 2. The van der Waals surface area contributed by atoms with Crippen LogP contribution in [-0.2, 0) is 6.54 Å². The maximum atomic E-state index is 9.53. The number of fused-ring (bicyclic) bond motifs is 1. The van der Waals surface area contributed by atoms with Crippen LogP contribution >= 0.6 is 0 Å². The van der Waals surface area contributed by atoms with E-state index in [1.54, 1.807) is 25.5 Å². The van der Waals surface area contributed by atoms with Crippen LogP contribution in [0.5, 0.6) is 0 Å². The number of hydrogen-bond acceptors (Lipinski definition) is 7. The molecule has 0 bridgehead atoms. The zero-order chi connectivity index (χ0) is 17.2. The van der Waals surface area contributed by atoms with Crippen molar-refractivity contribution in [1.82, 2.24) is 19.7 Å². The minimum absolute atomic E-state index is 0.393. The lowest BCUT2D eigenvalue weighted by atomic mass is 10.3. The molecule has 25 heavy (non-hydrogen) atoms. The summed E-state index contributed by atoms with van der Waals surface area (Å²) >= 11 is 0. The molecular weight excluding hydrogens is 322 g/mol. The van der Waals surface area contributed by atoms with Crippen LogP contribution in [0.1, 0.15) is 12.7 Å². The van der Waals surface area contributed by atoms with E-state index in [1.165, 1.54) is 0 Å². The second-order valence-corrected chi connectivity index (χ2v) is 5.77. The van der Waals surface area contributed by atoms with Crippen LogP contribution < -0.4 is 5.32 Å². The first-order chi connectivity index (χ1) is 12.2. The van der Waals surface area contributed by atoms with E-state index in [4.69, 9.17) is 8.94 Å². The van der Waals surface area contributed by atoms with Crippen molar-refractivity contribution in [3.8, 4) is 11.5 Å². The van der Waals surface area contributed by atoms with Gasteiger partial charge in [-0.25, -0.2) is 4.98 Å². The van der Waals surface area contributed by atoms with E-state index in [-0.39, 0.29) is 0 Å². The van der Waals surface area contributed by atoms with Crippen molar-refractivity contribution >= 4 is 17.0 Å². The van der Waals surface area contributed by atoms with Gasteiger partial charge in [-0.05, 0) is 25.1 Å². The minimum Gasteiger partial charge on any atom is -0.472 e. The molecule has 0 aliphatic carbocycles. The molecule has 0 radical (unpaired) electrons. The summed E-state index contributed by atoms with van der Waals surface area (Å²) in [6.07, 6.45) is 2.63. The van der Waals surface area contributed by atoms with Crippen LogP contribution in [0.4, 0.5) is 5.95 Å². The van der Waals surface area contributed by atoms with Crippen LogP contribution in [0, 0.1) is 0 Å². The number of rotatable bonds is 6. The van der Waals surface area contributed by atoms with Crippen molar-refractivity contribution < 1.29 is 14.0 Å². The van der Waals surface area contributed by atoms with Crippen LogP contribution in [-0.4, -0.2) is 37.4 Å². The Kier molecular flexibility index (Phi) is 3.95. The Bertz CT molecular complexity index is 971. The van der Waals surface area contributed by atoms with Crippen molar-refractivity contribution in [2.75, 3.05) is 11.9 Å². The molecule has 2 N–H and O–H groups in total. The van der Waals surface area contributed by atoms with E-state index in [0.717, 1.165) is 16.6 Å². The van der Waals surface area contributed by atoms with Gasteiger partial charge in [-0.2, -0.15) is 4.98 Å². The van der Waals surface area contributed by atoms with E-state index in [1.807, 2.05) is 28.8 Å². The minimum atomic E-state index is -0.480. The number of nitrogens with zero attached hydrogens (tertiary/aromatic N) is 4. The Balaban J connectivity index is 1.67. The van der Waals surface area contributed by atoms with Crippen molar-refractivity contribution in [3.63, 3.8) is 0 Å². The number of benzene rings is 1. The molecule has 0 aliphatic rings. The number of aliphatic hydroxyl groups excluding tert-OH is 1. The fourth-order valence-corrected chi connectivity index (χ4v) is 2.57. The number of aliphatic hydroxyl groups is 1. The second kappa shape index (κ2) is 6.40. The van der Waals surface area contributed by atoms with Gasteiger partial charge in [0, 0.05) is 6.54 Å². The molecule has 4 rings (SSSR count). The molecule has 8 nitrogen and oxygen atoms in total. The van der Waals surface area contributed by atoms with Crippen molar-refractivity contribution in [3.05, 3.63) is 48.7 Å². The molecule has 128 valence electrons. The molecule has 1 unspecified atom stereocenters. The maximum Gasteiger partial charge on any atom is 0.261 e. The fourth-order valence-electron chi connectivity index (χ4n) is 2.57. The number of hydrogen-bond donors (Lipinski definition) is 2. The molecule has 8 heteroatoms. The molecular formula is C17H17N5O3. The smallest absolute Gasteiger partial charge is 0.261 e. The Morgan fingerprint density at radius 3 is 2.92 bits per heavy atom. The van der Waals surface area contributed by atoms with E-state index in [0.29, 0.717) is 30.8 Å². The largest absolute Gasteiger partial charge is 0.472 e. The quantitative estimate of drug-likeness (QED) is 0.556. The molecule has 3 heterocycles. The summed E-state index contributed by atoms with van der Waals surface area (Å²) in [6, 6.07) is 9.56. The Hall–Kier alpha value is -3.13. The lowest BCUT2D eigenvalue weighted by Crippen LogP contribution is -2.18. The summed E-state index contributed by atoms with van der Waals surface area (Å²) < 4.78 is 12.3. The second-order valence-electron chi connectivity index (χ2n) is 5.77. The molecule has 0 saturated carbocycles. The topological polar surface area (TPSA) is 102 Å². The van der Waals surface area contributed by atoms with Gasteiger partial charge < -0.3 is 23.9 Å². The number of nitrogens with one attached hydrogen (secondary N) is 1. The summed E-state index contributed by atoms with van der Waals surface area (Å²) in [5.74, 6) is 1.59. The monoisotopic (exact) mass is 339 g/mol. The van der Waals surface area contributed by atoms with Crippen molar-refractivity contribution in [2.45, 2.75) is 19.6 Å². The number of imidazole rings is 1. The molecule has 0 spiro atoms. The highest BCUT2D eigenvalue weighted by Gasteiger charge is 2.15. The SMILES string of the molecule is CC(O)CNc1nc2ccccc2n1Cc1noc(-c2ccoc2)n1. The van der Waals surface area contributed by atoms with Crippen LogP contribution in [0.15, 0.2) is 51.8 Å². The summed E-state index contributed by atoms with van der Waals surface area (Å²) in [4.78, 5) is 8.98. The van der Waals surface area contributed by atoms with Gasteiger partial charge in [0.25, 0.3) is 5.89 Å². The summed E-state index contributed by atoms with van der Waals surface area (Å²) in [7, 11) is 0. The van der Waals surface area contributed by atoms with Gasteiger partial charge in [0.2, 0.25) is 5.95 Å². The van der Waals surface area contributed by atoms with Crippen LogP contribution in [0.25, 0.3) is 22.5 Å². The van der Waals surface area contributed by atoms with Gasteiger partial charge in [-0.15, -0.1) is 0 Å². The van der Waals surface area contributed by atoms with Crippen molar-refractivity contribution in [2.24, 2.45) is 0 Å². The van der Waals surface area contributed by atoms with Gasteiger partial charge in [0.15, 0.2) is 5.82 Å². The predicted molar refractivity (Wildman–Crippen MR) is 91.0 cm³/mol. The fraction of sp³-hybridized carbons (Fsp3) is 0.235. The van der Waals surface area contributed by atoms with Gasteiger partial charge in [0.1, 0.15) is 6.26 Å². The zero-order valence-electron chi connectivity index (χ0n) is 13.6. The standard InChI is InChI=1S/C17H17N5O3/c1-11(23)8-18-17-19-13-4-2-3-5-14(13)22(17)9-15-20-16(25-21-15)12-6-7-24-10-12/h2-7,10-11,23H,8-9H2,1H3,(H,18,19). The highest BCUT2D eigenvalue weighted by Crippen LogP contribution is 2.22. The first-order valence-corrected chi connectivity index (χ1v) is 7.93. The molecule has 1 atom stereocenters. The Morgan fingerprint density at radius 1 is 1.24 bits per heavy atom. The molecule has 0 saturated heterocycles. The van der Waals surface area contributed by atoms with E-state index >= 15 is 0 Å². The van der Waals surface area contributed by atoms with E-state index in [9.17, 15) is 5.11 Å². The van der Waals surface area contributed by atoms with E-state index < -0.39 is 6.10 Å². The average molecular weight is 339 g/mol. The summed E-state index contributed by atoms with van der Waals surface area (Å²) in [5.41, 5.74) is 2.54. The summed E-state index contributed by atoms with van der Waals surface area (Å²) in [6.45, 7) is 2.51. The molecule has 0 aliphatic heterocycles. The third kappa shape index (κ3) is 3.11. The number of aromatic nitrogens is 4. The normalized spacial score (nSPS) is 12.6. The predicted octanol–water partition coefficient (Wildman–Crippen LogP) is 2.52. The lowest BCUT2D eigenvalue weighted by molar-refractivity contribution is 0.208. The summed E-state index contributed by atoms with van der Waals surface area (Å²) in [5, 5.41) is 16.7. The highest BCUT2D eigenvalue weighted by molar-refractivity contribution is 5.78. The third-order valence-electron chi connectivity index (χ3n) is 3.75. The number of anilines is 1. The molecule has 4 aromatic rings. The zero-order valence-corrected chi connectivity index (χ0v) is 13.6. The first kappa shape index (κ1) is 15.4. The van der Waals surface area contributed by atoms with Crippen LogP contribution in [0.3, 0.4) is 0 Å². The van der Waals surface area contributed by atoms with Gasteiger partial charge >= 0.3 is 0 Å². The average Bonchev–Trinajstić information content (AvgIpc) is 3.33. The van der Waals surface area contributed by atoms with Crippen LogP contribution in [0.2, 0.25) is 0 Å². The number of furan rings is 1. The Morgan fingerprint density at radius 2 is 2.12 bits per heavy atom. The third-order valence-corrected chi connectivity index (χ3v) is 3.75. The van der Waals surface area contributed by atoms with Crippen molar-refractivity contribution in [1.29, 1.82) is 0 Å². The molecule has 1 aromatic carbocycles. The van der Waals surface area contributed by atoms with Gasteiger partial charge in [0.05, 0.1) is 35.5 Å². The maximum absolute atomic E-state index is 9.53. The molecule has 0 fully saturated rings. The Labute approximate surface area is 143 Å². The van der Waals surface area contributed by atoms with E-state index in [2.05, 4.69) is 20.4 Å². The highest BCUT2D eigenvalue weighted by atomic mass is 16.5. The molecule has 0 amide bonds. The lowest BCUT2D eigenvalue weighted by Gasteiger charge is -2.10. The molecule has 3 aromatic heterocycles. The first-order valence-electron chi connectivity index (χ1n) is 7.93. The van der Waals surface area contributed by atoms with Gasteiger partial charge in [-0.3, -0.25) is 0 Å². The van der Waals surface area contributed by atoms with Gasteiger partial charge in [-0.1, -0.05) is 17.3 Å².